The summed E-state index contributed by atoms with van der Waals surface area (Å²) in [6.45, 7) is 10.2. The molecule has 232 valence electrons. The van der Waals surface area contributed by atoms with Gasteiger partial charge in [0, 0.05) is 33.2 Å². The average molecular weight is 705 g/mol. The Morgan fingerprint density at radius 3 is 2.58 bits per heavy atom. The smallest absolute Gasteiger partial charge is 0.392 e. The molecule has 0 aliphatic heterocycles. The molecule has 1 spiro atoms. The Labute approximate surface area is 268 Å². The third kappa shape index (κ3) is 6.39. The maximum Gasteiger partial charge on any atom is 0.412 e. The highest BCUT2D eigenvalue weighted by atomic mass is 127. The summed E-state index contributed by atoms with van der Waals surface area (Å²) >= 11 is 2.46. The third-order valence-corrected chi connectivity index (χ3v) is 11.7. The van der Waals surface area contributed by atoms with Crippen molar-refractivity contribution in [2.45, 2.75) is 88.3 Å². The number of Topliss-reactive ketones (excluding diaryl/α,β-unsaturated/α-hetero) is 1. The summed E-state index contributed by atoms with van der Waals surface area (Å²) in [5.41, 5.74) is 4.06. The van der Waals surface area contributed by atoms with Gasteiger partial charge in [-0.25, -0.2) is 0 Å². The Balaban J connectivity index is 1.32. The molecule has 0 aromatic carbocycles. The maximum absolute atomic E-state index is 14.0. The summed E-state index contributed by atoms with van der Waals surface area (Å²) in [6.07, 6.45) is 14.7. The van der Waals surface area contributed by atoms with Gasteiger partial charge < -0.3 is 5.11 Å². The van der Waals surface area contributed by atoms with Crippen LogP contribution in [0, 0.1) is 46.8 Å². The molecular formula is C37H44F3IO2. The first-order valence-electron chi connectivity index (χ1n) is 16.1. The fraction of sp³-hybridized carbons (Fsp3) is 0.595. The summed E-state index contributed by atoms with van der Waals surface area (Å²) < 4.78 is 42.3. The summed E-state index contributed by atoms with van der Waals surface area (Å²) in [6, 6.07) is 0. The lowest BCUT2D eigenvalue weighted by atomic mass is 9.59. The first-order chi connectivity index (χ1) is 20.2. The predicted octanol–water partition coefficient (Wildman–Crippen LogP) is 9.59. The SMILES string of the molecule is C=C(C)CC1C=C(C2=CC3C(O)C(CC(=O)[C@@H]4CC4CC(C)C)[C@H](C4=CC(I)CC=C4)CC34CC4=C2)C=C(C(F)(F)F)C1. The van der Waals surface area contributed by atoms with Gasteiger partial charge in [0.2, 0.25) is 0 Å². The fourth-order valence-electron chi connectivity index (χ4n) is 8.68. The van der Waals surface area contributed by atoms with Crippen LogP contribution in [0.25, 0.3) is 0 Å². The van der Waals surface area contributed by atoms with Gasteiger partial charge in [-0.15, -0.1) is 6.58 Å². The lowest BCUT2D eigenvalue weighted by Gasteiger charge is -2.47. The molecule has 3 saturated carbocycles. The number of halogens is 4. The molecule has 6 heteroatoms. The Morgan fingerprint density at radius 2 is 1.91 bits per heavy atom. The van der Waals surface area contributed by atoms with Gasteiger partial charge >= 0.3 is 6.18 Å². The van der Waals surface area contributed by atoms with Crippen LogP contribution in [-0.2, 0) is 4.79 Å². The Kier molecular flexibility index (Phi) is 8.45. The monoisotopic (exact) mass is 704 g/mol. The molecule has 3 fully saturated rings. The number of hydrogen-bond donors (Lipinski definition) is 1. The van der Waals surface area contributed by atoms with Gasteiger partial charge in [0.25, 0.3) is 0 Å². The number of carbonyl (C=O) groups excluding carboxylic acids is 1. The molecule has 6 aliphatic rings. The molecule has 7 unspecified atom stereocenters. The van der Waals surface area contributed by atoms with E-state index in [1.165, 1.54) is 17.2 Å². The second kappa shape index (κ2) is 11.6. The van der Waals surface area contributed by atoms with E-state index in [-0.39, 0.29) is 47.2 Å². The van der Waals surface area contributed by atoms with E-state index in [4.69, 9.17) is 0 Å². The number of hydrogen-bond acceptors (Lipinski definition) is 2. The molecule has 2 nitrogen and oxygen atoms in total. The van der Waals surface area contributed by atoms with Crippen LogP contribution in [0.15, 0.2) is 82.5 Å². The zero-order valence-electron chi connectivity index (χ0n) is 25.5. The standard InChI is InChI=1S/C37H44F3IO2/c1-20(2)8-22-10-24(12-27(11-22)37(38,39)40)25-13-28-18-36(28)19-32(23-6-5-7-29(41)14-23)31(35(43)33(36)16-25)17-34(42)30-15-26(30)9-21(3)4/h5-6,10,12-14,16,21-22,26,29-33,35,43H,1,7-9,11,15,17-19H2,2-4H3/t22?,26?,29?,30-,31?,32+,33?,35?,36?/m1/s1. The van der Waals surface area contributed by atoms with E-state index in [1.807, 2.05) is 13.0 Å². The first-order valence-corrected chi connectivity index (χ1v) is 17.3. The van der Waals surface area contributed by atoms with Crippen molar-refractivity contribution in [2.75, 3.05) is 0 Å². The molecule has 6 aliphatic carbocycles. The minimum Gasteiger partial charge on any atom is -0.392 e. The molecule has 0 amide bonds. The molecule has 9 atom stereocenters. The molecule has 0 heterocycles. The highest BCUT2D eigenvalue weighted by Gasteiger charge is 2.63. The van der Waals surface area contributed by atoms with Crippen molar-refractivity contribution in [3.05, 3.63) is 82.5 Å². The molecule has 0 radical (unpaired) electrons. The van der Waals surface area contributed by atoms with Crippen LogP contribution in [0.2, 0.25) is 0 Å². The lowest BCUT2D eigenvalue weighted by Crippen LogP contribution is -2.47. The topological polar surface area (TPSA) is 37.3 Å². The van der Waals surface area contributed by atoms with Crippen LogP contribution in [0.1, 0.15) is 72.1 Å². The van der Waals surface area contributed by atoms with Gasteiger partial charge in [-0.2, -0.15) is 13.2 Å². The van der Waals surface area contributed by atoms with Gasteiger partial charge in [0.1, 0.15) is 5.78 Å². The number of allylic oxidation sites excluding steroid dienone is 12. The largest absolute Gasteiger partial charge is 0.412 e. The molecular weight excluding hydrogens is 660 g/mol. The van der Waals surface area contributed by atoms with Gasteiger partial charge in [0.15, 0.2) is 0 Å². The number of aliphatic hydroxyl groups excluding tert-OH is 1. The van der Waals surface area contributed by atoms with E-state index >= 15 is 0 Å². The highest BCUT2D eigenvalue weighted by Crippen LogP contribution is 2.70. The summed E-state index contributed by atoms with van der Waals surface area (Å²) in [5.74, 6) is 0.861. The zero-order valence-corrected chi connectivity index (χ0v) is 27.6. The summed E-state index contributed by atoms with van der Waals surface area (Å²) in [5, 5.41) is 12.2. The quantitative estimate of drug-likeness (QED) is 0.148. The maximum atomic E-state index is 14.0. The van der Waals surface area contributed by atoms with Crippen LogP contribution in [0.3, 0.4) is 0 Å². The van der Waals surface area contributed by atoms with E-state index in [2.05, 4.69) is 73.4 Å². The van der Waals surface area contributed by atoms with Gasteiger partial charge in [-0.1, -0.05) is 84.0 Å². The van der Waals surface area contributed by atoms with Gasteiger partial charge in [-0.3, -0.25) is 4.79 Å². The van der Waals surface area contributed by atoms with Crippen LogP contribution in [0.4, 0.5) is 13.2 Å². The normalized spacial score (nSPS) is 38.2. The third-order valence-electron chi connectivity index (χ3n) is 10.8. The average Bonchev–Trinajstić information content (AvgIpc) is 3.83. The molecule has 43 heavy (non-hydrogen) atoms. The van der Waals surface area contributed by atoms with Crippen molar-refractivity contribution in [1.82, 2.24) is 0 Å². The van der Waals surface area contributed by atoms with E-state index in [0.717, 1.165) is 43.3 Å². The number of aliphatic hydroxyl groups is 1. The molecule has 0 aromatic heterocycles. The van der Waals surface area contributed by atoms with Gasteiger partial charge in [-0.05, 0) is 104 Å². The Hall–Kier alpha value is -1.67. The van der Waals surface area contributed by atoms with Crippen molar-refractivity contribution in [3.63, 3.8) is 0 Å². The molecule has 0 bridgehead atoms. The lowest BCUT2D eigenvalue weighted by molar-refractivity contribution is -0.125. The number of alkyl halides is 4. The van der Waals surface area contributed by atoms with Crippen molar-refractivity contribution < 1.29 is 23.1 Å². The fourth-order valence-corrected chi connectivity index (χ4v) is 9.39. The highest BCUT2D eigenvalue weighted by molar-refractivity contribution is 14.1. The van der Waals surface area contributed by atoms with Gasteiger partial charge in [0.05, 0.1) is 6.10 Å². The zero-order chi connectivity index (χ0) is 30.8. The van der Waals surface area contributed by atoms with E-state index in [0.29, 0.717) is 34.2 Å². The van der Waals surface area contributed by atoms with Crippen LogP contribution >= 0.6 is 22.6 Å². The van der Waals surface area contributed by atoms with Crippen molar-refractivity contribution in [3.8, 4) is 0 Å². The van der Waals surface area contributed by atoms with Crippen LogP contribution in [0.5, 0.6) is 0 Å². The predicted molar refractivity (Wildman–Crippen MR) is 174 cm³/mol. The minimum atomic E-state index is -4.38. The molecule has 1 N–H and O–H groups in total. The van der Waals surface area contributed by atoms with Crippen molar-refractivity contribution in [1.29, 1.82) is 0 Å². The van der Waals surface area contributed by atoms with E-state index in [9.17, 15) is 23.1 Å². The van der Waals surface area contributed by atoms with Crippen molar-refractivity contribution >= 4 is 28.4 Å². The first kappa shape index (κ1) is 31.3. The summed E-state index contributed by atoms with van der Waals surface area (Å²) in [4.78, 5) is 13.6. The number of carbonyl (C=O) groups is 1. The second-order valence-corrected chi connectivity index (χ2v) is 16.4. The van der Waals surface area contributed by atoms with E-state index < -0.39 is 17.9 Å². The Morgan fingerprint density at radius 1 is 1.16 bits per heavy atom. The summed E-state index contributed by atoms with van der Waals surface area (Å²) in [7, 11) is 0. The molecule has 6 rings (SSSR count). The van der Waals surface area contributed by atoms with Crippen LogP contribution < -0.4 is 0 Å². The molecule has 0 saturated heterocycles. The number of rotatable bonds is 9. The molecule has 0 aromatic rings. The van der Waals surface area contributed by atoms with Crippen LogP contribution in [-0.4, -0.2) is 27.1 Å². The minimum absolute atomic E-state index is 0.0367. The van der Waals surface area contributed by atoms with E-state index in [1.54, 1.807) is 0 Å². The second-order valence-electron chi connectivity index (χ2n) is 14.8. The number of ketones is 1. The Bertz CT molecular complexity index is 1370. The van der Waals surface area contributed by atoms with Crippen molar-refractivity contribution in [2.24, 2.45) is 46.8 Å².